The minimum atomic E-state index is -0.750. The van der Waals surface area contributed by atoms with Crippen molar-refractivity contribution in [2.45, 2.75) is 43.9 Å². The van der Waals surface area contributed by atoms with Crippen LogP contribution in [0.15, 0.2) is 42.5 Å². The zero-order chi connectivity index (χ0) is 22.0. The van der Waals surface area contributed by atoms with Gasteiger partial charge in [0.15, 0.2) is 6.61 Å². The van der Waals surface area contributed by atoms with E-state index in [0.717, 1.165) is 25.7 Å². The van der Waals surface area contributed by atoms with Gasteiger partial charge in [-0.15, -0.1) is 0 Å². The molecule has 164 valence electrons. The maximum atomic E-state index is 13.1. The highest BCUT2D eigenvalue weighted by Crippen LogP contribution is 2.37. The average Bonchev–Trinajstić information content (AvgIpc) is 2.99. The Morgan fingerprint density at radius 3 is 2.45 bits per heavy atom. The van der Waals surface area contributed by atoms with Crippen LogP contribution in [0.1, 0.15) is 25.7 Å². The van der Waals surface area contributed by atoms with Gasteiger partial charge in [-0.25, -0.2) is 9.18 Å². The number of fused-ring (bicyclic) bond motifs is 2. The number of carbonyl (C=O) groups is 2. The Bertz CT molecular complexity index is 958. The lowest BCUT2D eigenvalue weighted by molar-refractivity contribution is -0.139. The molecule has 7 nitrogen and oxygen atoms in total. The standard InChI is InChI=1S/C22H23ClFN3O4/c23-13-1-8-20(19(9-13)26-22(25)29)30-12-21(28)27-15-4-5-16(27)11-18(10-15)31-17-6-2-14(24)3-7-17/h1-3,6-9,15-16,18H,4-5,10-12H2,(H3,25,26,29)/t15-,16-/m1/s1. The minimum Gasteiger partial charge on any atom is -0.490 e. The van der Waals surface area contributed by atoms with Gasteiger partial charge in [-0.05, 0) is 55.3 Å². The molecule has 0 radical (unpaired) electrons. The van der Waals surface area contributed by atoms with Crippen molar-refractivity contribution < 1.29 is 23.5 Å². The normalized spacial score (nSPS) is 22.1. The van der Waals surface area contributed by atoms with Crippen molar-refractivity contribution in [2.24, 2.45) is 5.73 Å². The second-order valence-electron chi connectivity index (χ2n) is 7.77. The van der Waals surface area contributed by atoms with Crippen molar-refractivity contribution >= 4 is 29.2 Å². The van der Waals surface area contributed by atoms with Gasteiger partial charge in [-0.3, -0.25) is 4.79 Å². The number of nitrogens with two attached hydrogens (primary N) is 1. The van der Waals surface area contributed by atoms with E-state index in [0.29, 0.717) is 22.2 Å². The molecule has 2 saturated heterocycles. The van der Waals surface area contributed by atoms with Crippen molar-refractivity contribution in [3.05, 3.63) is 53.3 Å². The number of rotatable bonds is 6. The third kappa shape index (κ3) is 5.02. The van der Waals surface area contributed by atoms with E-state index < -0.39 is 6.03 Å². The number of amides is 3. The maximum absolute atomic E-state index is 13.1. The molecule has 2 bridgehead atoms. The number of piperidine rings is 1. The zero-order valence-corrected chi connectivity index (χ0v) is 17.5. The summed E-state index contributed by atoms with van der Waals surface area (Å²) in [5, 5.41) is 2.85. The molecule has 9 heteroatoms. The monoisotopic (exact) mass is 447 g/mol. The third-order valence-corrected chi connectivity index (χ3v) is 5.88. The maximum Gasteiger partial charge on any atom is 0.316 e. The molecule has 31 heavy (non-hydrogen) atoms. The quantitative estimate of drug-likeness (QED) is 0.701. The summed E-state index contributed by atoms with van der Waals surface area (Å²) < 4.78 is 24.8. The number of urea groups is 1. The molecule has 4 rings (SSSR count). The number of hydrogen-bond acceptors (Lipinski definition) is 4. The Morgan fingerprint density at radius 2 is 1.81 bits per heavy atom. The summed E-state index contributed by atoms with van der Waals surface area (Å²) in [5.74, 6) is 0.528. The van der Waals surface area contributed by atoms with Crippen LogP contribution in [-0.4, -0.2) is 41.6 Å². The fraction of sp³-hybridized carbons (Fsp3) is 0.364. The number of anilines is 1. The highest BCUT2D eigenvalue weighted by atomic mass is 35.5. The van der Waals surface area contributed by atoms with E-state index in [1.807, 2.05) is 4.90 Å². The van der Waals surface area contributed by atoms with Crippen molar-refractivity contribution in [1.82, 2.24) is 4.90 Å². The average molecular weight is 448 g/mol. The molecule has 2 aliphatic rings. The second-order valence-corrected chi connectivity index (χ2v) is 8.21. The van der Waals surface area contributed by atoms with Crippen LogP contribution >= 0.6 is 11.6 Å². The number of benzene rings is 2. The van der Waals surface area contributed by atoms with Gasteiger partial charge in [0.05, 0.1) is 5.69 Å². The summed E-state index contributed by atoms with van der Waals surface area (Å²) in [5.41, 5.74) is 5.49. The van der Waals surface area contributed by atoms with Crippen LogP contribution in [0.2, 0.25) is 5.02 Å². The topological polar surface area (TPSA) is 93.9 Å². The second kappa shape index (κ2) is 9.01. The Kier molecular flexibility index (Phi) is 6.18. The SMILES string of the molecule is NC(=O)Nc1cc(Cl)ccc1OCC(=O)N1[C@@H]2CC[C@@H]1CC(Oc1ccc(F)cc1)C2. The smallest absolute Gasteiger partial charge is 0.316 e. The van der Waals surface area contributed by atoms with E-state index in [4.69, 9.17) is 26.8 Å². The molecule has 0 unspecified atom stereocenters. The van der Waals surface area contributed by atoms with Gasteiger partial charge >= 0.3 is 6.03 Å². The molecule has 2 aromatic rings. The summed E-state index contributed by atoms with van der Waals surface area (Å²) in [6.07, 6.45) is 3.24. The molecular weight excluding hydrogens is 425 g/mol. The molecule has 2 aromatic carbocycles. The van der Waals surface area contributed by atoms with E-state index in [1.165, 1.54) is 18.2 Å². The van der Waals surface area contributed by atoms with Crippen LogP contribution in [-0.2, 0) is 4.79 Å². The van der Waals surface area contributed by atoms with Crippen molar-refractivity contribution in [1.29, 1.82) is 0 Å². The largest absolute Gasteiger partial charge is 0.490 e. The summed E-state index contributed by atoms with van der Waals surface area (Å²) in [6.45, 7) is -0.161. The van der Waals surface area contributed by atoms with Crippen LogP contribution in [0.5, 0.6) is 11.5 Å². The molecule has 3 N–H and O–H groups in total. The summed E-state index contributed by atoms with van der Waals surface area (Å²) in [6, 6.07) is 10.1. The van der Waals surface area contributed by atoms with Crippen molar-refractivity contribution in [3.63, 3.8) is 0 Å². The van der Waals surface area contributed by atoms with Crippen molar-refractivity contribution in [3.8, 4) is 11.5 Å². The lowest BCUT2D eigenvalue weighted by Crippen LogP contribution is -2.50. The first kappa shape index (κ1) is 21.2. The number of carbonyl (C=O) groups excluding carboxylic acids is 2. The predicted octanol–water partition coefficient (Wildman–Crippen LogP) is 3.95. The molecule has 2 fully saturated rings. The van der Waals surface area contributed by atoms with Gasteiger partial charge in [0.25, 0.3) is 5.91 Å². The highest BCUT2D eigenvalue weighted by Gasteiger charge is 2.44. The van der Waals surface area contributed by atoms with E-state index in [-0.39, 0.29) is 36.5 Å². The Balaban J connectivity index is 1.36. The van der Waals surface area contributed by atoms with Gasteiger partial charge < -0.3 is 25.4 Å². The zero-order valence-electron chi connectivity index (χ0n) is 16.7. The van der Waals surface area contributed by atoms with E-state index >= 15 is 0 Å². The highest BCUT2D eigenvalue weighted by molar-refractivity contribution is 6.31. The molecule has 2 atom stereocenters. The van der Waals surface area contributed by atoms with Crippen LogP contribution in [0.4, 0.5) is 14.9 Å². The fourth-order valence-electron chi connectivity index (χ4n) is 4.41. The van der Waals surface area contributed by atoms with Crippen LogP contribution in [0, 0.1) is 5.82 Å². The molecule has 3 amide bonds. The Morgan fingerprint density at radius 1 is 1.13 bits per heavy atom. The predicted molar refractivity (Wildman–Crippen MR) is 114 cm³/mol. The summed E-state index contributed by atoms with van der Waals surface area (Å²) >= 11 is 5.96. The van der Waals surface area contributed by atoms with Gasteiger partial charge in [-0.1, -0.05) is 11.6 Å². The first-order valence-electron chi connectivity index (χ1n) is 10.1. The number of hydrogen-bond donors (Lipinski definition) is 2. The van der Waals surface area contributed by atoms with E-state index in [2.05, 4.69) is 5.32 Å². The molecule has 0 aliphatic carbocycles. The molecule has 0 spiro atoms. The van der Waals surface area contributed by atoms with Gasteiger partial charge in [0.1, 0.15) is 23.4 Å². The van der Waals surface area contributed by atoms with Gasteiger partial charge in [-0.2, -0.15) is 0 Å². The van der Waals surface area contributed by atoms with Gasteiger partial charge in [0.2, 0.25) is 0 Å². The molecule has 2 heterocycles. The number of ether oxygens (including phenoxy) is 2. The lowest BCUT2D eigenvalue weighted by Gasteiger charge is -2.38. The first-order valence-corrected chi connectivity index (χ1v) is 10.5. The minimum absolute atomic E-state index is 0.0180. The van der Waals surface area contributed by atoms with Crippen molar-refractivity contribution in [2.75, 3.05) is 11.9 Å². The van der Waals surface area contributed by atoms with E-state index in [1.54, 1.807) is 24.3 Å². The third-order valence-electron chi connectivity index (χ3n) is 5.64. The molecule has 0 aromatic heterocycles. The number of primary amides is 1. The fourth-order valence-corrected chi connectivity index (χ4v) is 4.58. The van der Waals surface area contributed by atoms with E-state index in [9.17, 15) is 14.0 Å². The number of halogens is 2. The van der Waals surface area contributed by atoms with Crippen LogP contribution < -0.4 is 20.5 Å². The number of nitrogens with one attached hydrogen (secondary N) is 1. The molecule has 2 aliphatic heterocycles. The summed E-state index contributed by atoms with van der Waals surface area (Å²) in [7, 11) is 0. The number of nitrogens with zero attached hydrogens (tertiary/aromatic N) is 1. The molecular formula is C22H23ClFN3O4. The molecule has 0 saturated carbocycles. The van der Waals surface area contributed by atoms with Crippen LogP contribution in [0.3, 0.4) is 0 Å². The summed E-state index contributed by atoms with van der Waals surface area (Å²) in [4.78, 5) is 26.0. The Hall–Kier alpha value is -3.00. The Labute approximate surface area is 184 Å². The van der Waals surface area contributed by atoms with Gasteiger partial charge in [0, 0.05) is 29.9 Å². The van der Waals surface area contributed by atoms with Crippen LogP contribution in [0.25, 0.3) is 0 Å². The lowest BCUT2D eigenvalue weighted by atomic mass is 9.99. The first-order chi connectivity index (χ1) is 14.9.